The SMILES string of the molecule is CCN(C(=O)c1cccc(OC)c1)c1ccc(CN)cc1. The van der Waals surface area contributed by atoms with E-state index < -0.39 is 0 Å². The minimum absolute atomic E-state index is 0.0445. The monoisotopic (exact) mass is 284 g/mol. The van der Waals surface area contributed by atoms with Crippen LogP contribution in [0.25, 0.3) is 0 Å². The van der Waals surface area contributed by atoms with Crippen LogP contribution in [-0.2, 0) is 6.54 Å². The van der Waals surface area contributed by atoms with Gasteiger partial charge in [-0.05, 0) is 42.8 Å². The molecule has 0 saturated carbocycles. The van der Waals surface area contributed by atoms with Gasteiger partial charge in [-0.3, -0.25) is 4.79 Å². The van der Waals surface area contributed by atoms with Crippen molar-refractivity contribution in [2.75, 3.05) is 18.6 Å². The highest BCUT2D eigenvalue weighted by Gasteiger charge is 2.16. The molecule has 0 fully saturated rings. The van der Waals surface area contributed by atoms with Crippen molar-refractivity contribution < 1.29 is 9.53 Å². The highest BCUT2D eigenvalue weighted by molar-refractivity contribution is 6.06. The second kappa shape index (κ2) is 6.90. The highest BCUT2D eigenvalue weighted by Crippen LogP contribution is 2.20. The average molecular weight is 284 g/mol. The van der Waals surface area contributed by atoms with E-state index in [-0.39, 0.29) is 5.91 Å². The number of hydrogen-bond donors (Lipinski definition) is 1. The van der Waals surface area contributed by atoms with E-state index in [1.165, 1.54) is 0 Å². The van der Waals surface area contributed by atoms with E-state index in [2.05, 4.69) is 0 Å². The first-order chi connectivity index (χ1) is 10.2. The number of anilines is 1. The minimum atomic E-state index is -0.0445. The maximum Gasteiger partial charge on any atom is 0.258 e. The number of carbonyl (C=O) groups excluding carboxylic acids is 1. The van der Waals surface area contributed by atoms with Crippen molar-refractivity contribution in [3.63, 3.8) is 0 Å². The Kier molecular flexibility index (Phi) is 4.95. The van der Waals surface area contributed by atoms with Crippen molar-refractivity contribution in [3.8, 4) is 5.75 Å². The maximum absolute atomic E-state index is 12.6. The number of nitrogens with zero attached hydrogens (tertiary/aromatic N) is 1. The van der Waals surface area contributed by atoms with Crippen molar-refractivity contribution in [1.29, 1.82) is 0 Å². The zero-order valence-electron chi connectivity index (χ0n) is 12.4. The third kappa shape index (κ3) is 3.41. The van der Waals surface area contributed by atoms with E-state index in [0.29, 0.717) is 24.4 Å². The first-order valence-corrected chi connectivity index (χ1v) is 6.94. The van der Waals surface area contributed by atoms with E-state index in [0.717, 1.165) is 11.3 Å². The van der Waals surface area contributed by atoms with Gasteiger partial charge >= 0.3 is 0 Å². The second-order valence-corrected chi connectivity index (χ2v) is 4.65. The van der Waals surface area contributed by atoms with Gasteiger partial charge in [0, 0.05) is 24.3 Å². The summed E-state index contributed by atoms with van der Waals surface area (Å²) in [5.41, 5.74) is 8.12. The summed E-state index contributed by atoms with van der Waals surface area (Å²) in [4.78, 5) is 14.4. The molecule has 0 aromatic heterocycles. The van der Waals surface area contributed by atoms with Crippen LogP contribution in [0.1, 0.15) is 22.8 Å². The van der Waals surface area contributed by atoms with E-state index in [4.69, 9.17) is 10.5 Å². The molecule has 0 aliphatic rings. The molecule has 0 aliphatic heterocycles. The molecule has 2 aromatic carbocycles. The molecule has 0 aliphatic carbocycles. The highest BCUT2D eigenvalue weighted by atomic mass is 16.5. The lowest BCUT2D eigenvalue weighted by atomic mass is 10.1. The number of hydrogen-bond acceptors (Lipinski definition) is 3. The number of ether oxygens (including phenoxy) is 1. The van der Waals surface area contributed by atoms with Gasteiger partial charge in [-0.1, -0.05) is 18.2 Å². The van der Waals surface area contributed by atoms with Gasteiger partial charge in [-0.25, -0.2) is 0 Å². The van der Waals surface area contributed by atoms with Crippen molar-refractivity contribution in [2.24, 2.45) is 5.73 Å². The molecule has 2 rings (SSSR count). The van der Waals surface area contributed by atoms with Crippen LogP contribution < -0.4 is 15.4 Å². The van der Waals surface area contributed by atoms with Crippen LogP contribution in [0, 0.1) is 0 Å². The summed E-state index contributed by atoms with van der Waals surface area (Å²) in [6.45, 7) is 3.04. The predicted molar refractivity (Wildman–Crippen MR) is 84.7 cm³/mol. The molecule has 2 aromatic rings. The summed E-state index contributed by atoms with van der Waals surface area (Å²) in [6, 6.07) is 14.9. The third-order valence-electron chi connectivity index (χ3n) is 3.36. The molecular formula is C17H20N2O2. The van der Waals surface area contributed by atoms with E-state index in [9.17, 15) is 4.79 Å². The van der Waals surface area contributed by atoms with Crippen molar-refractivity contribution in [1.82, 2.24) is 0 Å². The molecule has 0 unspecified atom stereocenters. The van der Waals surface area contributed by atoms with Crippen LogP contribution in [0.5, 0.6) is 5.75 Å². The fourth-order valence-corrected chi connectivity index (χ4v) is 2.17. The zero-order valence-corrected chi connectivity index (χ0v) is 12.4. The summed E-state index contributed by atoms with van der Waals surface area (Å²) in [6.07, 6.45) is 0. The molecular weight excluding hydrogens is 264 g/mol. The van der Waals surface area contributed by atoms with Crippen molar-refractivity contribution >= 4 is 11.6 Å². The first-order valence-electron chi connectivity index (χ1n) is 6.94. The normalized spacial score (nSPS) is 10.2. The number of benzene rings is 2. The summed E-state index contributed by atoms with van der Waals surface area (Å²) in [5, 5.41) is 0. The van der Waals surface area contributed by atoms with Gasteiger partial charge < -0.3 is 15.4 Å². The average Bonchev–Trinajstić information content (AvgIpc) is 2.56. The molecule has 0 bridgehead atoms. The van der Waals surface area contributed by atoms with Crippen molar-refractivity contribution in [2.45, 2.75) is 13.5 Å². The number of methoxy groups -OCH3 is 1. The topological polar surface area (TPSA) is 55.6 Å². The number of nitrogens with two attached hydrogens (primary N) is 1. The van der Waals surface area contributed by atoms with Gasteiger partial charge in [0.05, 0.1) is 7.11 Å². The van der Waals surface area contributed by atoms with Crippen LogP contribution in [0.3, 0.4) is 0 Å². The standard InChI is InChI=1S/C17H20N2O2/c1-3-19(15-9-7-13(12-18)8-10-15)17(20)14-5-4-6-16(11-14)21-2/h4-11H,3,12,18H2,1-2H3. The Balaban J connectivity index is 2.28. The van der Waals surface area contributed by atoms with Crippen LogP contribution in [0.2, 0.25) is 0 Å². The van der Waals surface area contributed by atoms with Gasteiger partial charge in [-0.15, -0.1) is 0 Å². The van der Waals surface area contributed by atoms with Crippen LogP contribution >= 0.6 is 0 Å². The van der Waals surface area contributed by atoms with Crippen molar-refractivity contribution in [3.05, 3.63) is 59.7 Å². The molecule has 4 nitrogen and oxygen atoms in total. The Labute approximate surface area is 125 Å². The molecule has 2 N–H and O–H groups in total. The Morgan fingerprint density at radius 3 is 2.48 bits per heavy atom. The Morgan fingerprint density at radius 2 is 1.90 bits per heavy atom. The number of carbonyl (C=O) groups is 1. The molecule has 21 heavy (non-hydrogen) atoms. The Morgan fingerprint density at radius 1 is 1.19 bits per heavy atom. The van der Waals surface area contributed by atoms with Gasteiger partial charge in [-0.2, -0.15) is 0 Å². The van der Waals surface area contributed by atoms with Crippen LogP contribution in [0.15, 0.2) is 48.5 Å². The van der Waals surface area contributed by atoms with E-state index >= 15 is 0 Å². The molecule has 110 valence electrons. The quantitative estimate of drug-likeness (QED) is 0.918. The molecule has 1 amide bonds. The third-order valence-corrected chi connectivity index (χ3v) is 3.36. The van der Waals surface area contributed by atoms with Gasteiger partial charge in [0.1, 0.15) is 5.75 Å². The molecule has 0 radical (unpaired) electrons. The van der Waals surface area contributed by atoms with E-state index in [1.54, 1.807) is 24.1 Å². The van der Waals surface area contributed by atoms with Crippen LogP contribution in [0.4, 0.5) is 5.69 Å². The number of amides is 1. The Bertz CT molecular complexity index is 608. The van der Waals surface area contributed by atoms with E-state index in [1.807, 2.05) is 43.3 Å². The molecule has 0 atom stereocenters. The van der Waals surface area contributed by atoms with Crippen LogP contribution in [-0.4, -0.2) is 19.6 Å². The molecule has 0 saturated heterocycles. The fraction of sp³-hybridized carbons (Fsp3) is 0.235. The maximum atomic E-state index is 12.6. The lowest BCUT2D eigenvalue weighted by Crippen LogP contribution is -2.30. The zero-order chi connectivity index (χ0) is 15.2. The summed E-state index contributed by atoms with van der Waals surface area (Å²) < 4.78 is 5.17. The molecule has 4 heteroatoms. The molecule has 0 spiro atoms. The lowest BCUT2D eigenvalue weighted by Gasteiger charge is -2.21. The Hall–Kier alpha value is -2.33. The summed E-state index contributed by atoms with van der Waals surface area (Å²) in [7, 11) is 1.59. The summed E-state index contributed by atoms with van der Waals surface area (Å²) in [5.74, 6) is 0.632. The summed E-state index contributed by atoms with van der Waals surface area (Å²) >= 11 is 0. The lowest BCUT2D eigenvalue weighted by molar-refractivity contribution is 0.0988. The van der Waals surface area contributed by atoms with Gasteiger partial charge in [0.2, 0.25) is 0 Å². The number of rotatable bonds is 5. The van der Waals surface area contributed by atoms with Gasteiger partial charge in [0.25, 0.3) is 5.91 Å². The second-order valence-electron chi connectivity index (χ2n) is 4.65. The fourth-order valence-electron chi connectivity index (χ4n) is 2.17. The largest absolute Gasteiger partial charge is 0.497 e. The predicted octanol–water partition coefficient (Wildman–Crippen LogP) is 2.82. The minimum Gasteiger partial charge on any atom is -0.497 e. The smallest absolute Gasteiger partial charge is 0.258 e. The molecule has 0 heterocycles. The first kappa shape index (κ1) is 15.1. The van der Waals surface area contributed by atoms with Gasteiger partial charge in [0.15, 0.2) is 0 Å².